The van der Waals surface area contributed by atoms with Crippen LogP contribution in [0.2, 0.25) is 0 Å². The van der Waals surface area contributed by atoms with Crippen molar-refractivity contribution in [2.45, 2.75) is 155 Å². The molecule has 0 aromatic heterocycles. The zero-order chi connectivity index (χ0) is 23.2. The van der Waals surface area contributed by atoms with Gasteiger partial charge in [0, 0.05) is 18.8 Å². The van der Waals surface area contributed by atoms with Crippen LogP contribution < -0.4 is 11.1 Å². The molecule has 2 atom stereocenters. The summed E-state index contributed by atoms with van der Waals surface area (Å²) in [5.41, 5.74) is 6.09. The van der Waals surface area contributed by atoms with Crippen molar-refractivity contribution in [3.63, 3.8) is 0 Å². The van der Waals surface area contributed by atoms with E-state index >= 15 is 0 Å². The number of nitrogens with one attached hydrogen (secondary N) is 1. The molecule has 3 N–H and O–H groups in total. The minimum absolute atomic E-state index is 0.0156. The Morgan fingerprint density at radius 2 is 0.968 bits per heavy atom. The van der Waals surface area contributed by atoms with Crippen LogP contribution in [-0.4, -0.2) is 17.9 Å². The van der Waals surface area contributed by atoms with E-state index in [2.05, 4.69) is 19.2 Å². The molecule has 0 aliphatic rings. The van der Waals surface area contributed by atoms with E-state index in [1.54, 1.807) is 0 Å². The van der Waals surface area contributed by atoms with Crippen molar-refractivity contribution in [3.8, 4) is 0 Å². The summed E-state index contributed by atoms with van der Waals surface area (Å²) in [6.07, 6.45) is 22.9. The van der Waals surface area contributed by atoms with Gasteiger partial charge in [0.25, 0.3) is 0 Å². The molecule has 0 spiro atoms. The molecule has 0 aromatic rings. The summed E-state index contributed by atoms with van der Waals surface area (Å²) in [5.74, 6) is -0.141. The Bertz CT molecular complexity index is 425. The van der Waals surface area contributed by atoms with Crippen LogP contribution in [-0.2, 0) is 9.59 Å². The predicted octanol–water partition coefficient (Wildman–Crippen LogP) is 7.43. The molecule has 0 heterocycles. The second kappa shape index (κ2) is 22.3. The fraction of sp³-hybridized carbons (Fsp3) is 0.926. The van der Waals surface area contributed by atoms with E-state index in [1.807, 2.05) is 6.92 Å². The molecule has 2 unspecified atom stereocenters. The molecule has 31 heavy (non-hydrogen) atoms. The van der Waals surface area contributed by atoms with Crippen molar-refractivity contribution in [1.82, 2.24) is 5.32 Å². The maximum absolute atomic E-state index is 12.4. The first kappa shape index (κ1) is 30.1. The molecule has 4 heteroatoms. The highest BCUT2D eigenvalue weighted by molar-refractivity contribution is 5.82. The number of carbonyl (C=O) groups excluding carboxylic acids is 2. The number of rotatable bonds is 23. The van der Waals surface area contributed by atoms with Crippen LogP contribution in [0.25, 0.3) is 0 Å². The first-order valence-corrected chi connectivity index (χ1v) is 13.6. The molecule has 0 saturated heterocycles. The molecule has 0 rings (SSSR count). The van der Waals surface area contributed by atoms with Gasteiger partial charge >= 0.3 is 0 Å². The van der Waals surface area contributed by atoms with Crippen LogP contribution in [0.3, 0.4) is 0 Å². The highest BCUT2D eigenvalue weighted by atomic mass is 16.2. The van der Waals surface area contributed by atoms with Gasteiger partial charge in [-0.1, -0.05) is 124 Å². The first-order chi connectivity index (χ1) is 15.0. The average Bonchev–Trinajstić information content (AvgIpc) is 2.76. The van der Waals surface area contributed by atoms with Crippen LogP contribution in [0.15, 0.2) is 0 Å². The fourth-order valence-electron chi connectivity index (χ4n) is 4.02. The summed E-state index contributed by atoms with van der Waals surface area (Å²) in [4.78, 5) is 24.5. The molecule has 0 aromatic carbocycles. The molecule has 0 saturated carbocycles. The lowest BCUT2D eigenvalue weighted by molar-refractivity contribution is -0.125. The standard InChI is InChI=1S/C27H54N2O2/c1-4-6-8-10-12-14-16-18-20-22-25(30)24(3)27(28)29-26(31)23-21-19-17-15-13-11-9-7-5-2/h24,27H,4-23,28H2,1-3H3,(H,29,31). The molecule has 0 aliphatic heterocycles. The van der Waals surface area contributed by atoms with E-state index in [0.29, 0.717) is 12.8 Å². The lowest BCUT2D eigenvalue weighted by Crippen LogP contribution is -2.48. The summed E-state index contributed by atoms with van der Waals surface area (Å²) in [5, 5.41) is 2.84. The quantitative estimate of drug-likeness (QED) is 0.129. The van der Waals surface area contributed by atoms with Crippen molar-refractivity contribution < 1.29 is 9.59 Å². The number of Topliss-reactive ketones (excluding diaryl/α,β-unsaturated/α-hetero) is 1. The van der Waals surface area contributed by atoms with Gasteiger partial charge in [0.05, 0.1) is 6.17 Å². The van der Waals surface area contributed by atoms with Crippen molar-refractivity contribution >= 4 is 11.7 Å². The normalized spacial score (nSPS) is 13.2. The smallest absolute Gasteiger partial charge is 0.221 e. The third-order valence-electron chi connectivity index (χ3n) is 6.41. The molecule has 4 nitrogen and oxygen atoms in total. The number of hydrogen-bond donors (Lipinski definition) is 2. The van der Waals surface area contributed by atoms with Gasteiger partial charge in [0.2, 0.25) is 5.91 Å². The van der Waals surface area contributed by atoms with E-state index in [1.165, 1.54) is 89.9 Å². The molecule has 0 aliphatic carbocycles. The van der Waals surface area contributed by atoms with Gasteiger partial charge in [-0.25, -0.2) is 0 Å². The summed E-state index contributed by atoms with van der Waals surface area (Å²) in [6.45, 7) is 6.33. The largest absolute Gasteiger partial charge is 0.340 e. The van der Waals surface area contributed by atoms with Gasteiger partial charge in [0.15, 0.2) is 0 Å². The molecule has 1 amide bonds. The molecule has 0 fully saturated rings. The van der Waals surface area contributed by atoms with Crippen molar-refractivity contribution in [3.05, 3.63) is 0 Å². The Kier molecular flexibility index (Phi) is 21.7. The lowest BCUT2D eigenvalue weighted by atomic mass is 9.97. The van der Waals surface area contributed by atoms with E-state index in [9.17, 15) is 9.59 Å². The van der Waals surface area contributed by atoms with E-state index in [0.717, 1.165) is 25.7 Å². The molecule has 0 bridgehead atoms. The maximum Gasteiger partial charge on any atom is 0.221 e. The minimum atomic E-state index is -0.558. The van der Waals surface area contributed by atoms with E-state index in [4.69, 9.17) is 5.73 Å². The van der Waals surface area contributed by atoms with Crippen LogP contribution in [0.4, 0.5) is 0 Å². The van der Waals surface area contributed by atoms with Crippen LogP contribution >= 0.6 is 0 Å². The summed E-state index contributed by atoms with van der Waals surface area (Å²) >= 11 is 0. The average molecular weight is 439 g/mol. The van der Waals surface area contributed by atoms with Gasteiger partial charge in [-0.2, -0.15) is 0 Å². The SMILES string of the molecule is CCCCCCCCCCCC(=O)NC(N)C(C)C(=O)CCCCCCCCCCC. The molecular weight excluding hydrogens is 384 g/mol. The number of unbranched alkanes of at least 4 members (excludes halogenated alkanes) is 16. The highest BCUT2D eigenvalue weighted by Gasteiger charge is 2.21. The Morgan fingerprint density at radius 3 is 1.39 bits per heavy atom. The van der Waals surface area contributed by atoms with Gasteiger partial charge < -0.3 is 11.1 Å². The van der Waals surface area contributed by atoms with Gasteiger partial charge in [-0.3, -0.25) is 9.59 Å². The Morgan fingerprint density at radius 1 is 0.613 bits per heavy atom. The molecular formula is C27H54N2O2. The highest BCUT2D eigenvalue weighted by Crippen LogP contribution is 2.13. The monoisotopic (exact) mass is 438 g/mol. The summed E-state index contributed by atoms with van der Waals surface area (Å²) in [7, 11) is 0. The fourth-order valence-corrected chi connectivity index (χ4v) is 4.02. The first-order valence-electron chi connectivity index (χ1n) is 13.6. The number of nitrogens with two attached hydrogens (primary N) is 1. The number of amides is 1. The molecule has 184 valence electrons. The lowest BCUT2D eigenvalue weighted by Gasteiger charge is -2.20. The second-order valence-electron chi connectivity index (χ2n) is 9.51. The van der Waals surface area contributed by atoms with Gasteiger partial charge in [-0.05, 0) is 12.8 Å². The van der Waals surface area contributed by atoms with Crippen LogP contribution in [0.1, 0.15) is 149 Å². The van der Waals surface area contributed by atoms with Gasteiger partial charge in [0.1, 0.15) is 5.78 Å². The number of carbonyl (C=O) groups is 2. The second-order valence-corrected chi connectivity index (χ2v) is 9.51. The zero-order valence-electron chi connectivity index (χ0n) is 21.2. The maximum atomic E-state index is 12.4. The van der Waals surface area contributed by atoms with Crippen LogP contribution in [0, 0.1) is 5.92 Å². The Hall–Kier alpha value is -0.900. The number of ketones is 1. The van der Waals surface area contributed by atoms with Gasteiger partial charge in [-0.15, -0.1) is 0 Å². The summed E-state index contributed by atoms with van der Waals surface area (Å²) in [6, 6.07) is 0. The number of hydrogen-bond acceptors (Lipinski definition) is 3. The van der Waals surface area contributed by atoms with Crippen molar-refractivity contribution in [2.24, 2.45) is 11.7 Å². The summed E-state index contributed by atoms with van der Waals surface area (Å²) < 4.78 is 0. The third kappa shape index (κ3) is 19.5. The minimum Gasteiger partial charge on any atom is -0.340 e. The molecule has 0 radical (unpaired) electrons. The van der Waals surface area contributed by atoms with Crippen molar-refractivity contribution in [1.29, 1.82) is 0 Å². The Balaban J connectivity index is 3.66. The van der Waals surface area contributed by atoms with Crippen molar-refractivity contribution in [2.75, 3.05) is 0 Å². The zero-order valence-corrected chi connectivity index (χ0v) is 21.2. The van der Waals surface area contributed by atoms with E-state index < -0.39 is 6.17 Å². The third-order valence-corrected chi connectivity index (χ3v) is 6.41. The topological polar surface area (TPSA) is 72.2 Å². The Labute approximate surface area is 193 Å². The van der Waals surface area contributed by atoms with E-state index in [-0.39, 0.29) is 17.6 Å². The predicted molar refractivity (Wildman–Crippen MR) is 134 cm³/mol. The van der Waals surface area contributed by atoms with Crippen LogP contribution in [0.5, 0.6) is 0 Å².